The van der Waals surface area contributed by atoms with Gasteiger partial charge in [0.15, 0.2) is 0 Å². The molecule has 0 radical (unpaired) electrons. The van der Waals surface area contributed by atoms with Crippen molar-refractivity contribution in [2.45, 2.75) is 93.7 Å². The van der Waals surface area contributed by atoms with E-state index in [9.17, 15) is 9.90 Å². The number of aromatic hydroxyl groups is 1. The third-order valence-corrected chi connectivity index (χ3v) is 12.5. The van der Waals surface area contributed by atoms with E-state index in [1.165, 1.54) is 12.8 Å². The van der Waals surface area contributed by atoms with Crippen LogP contribution >= 0.6 is 0 Å². The molecule has 5 unspecified atom stereocenters. The van der Waals surface area contributed by atoms with Crippen LogP contribution in [-0.4, -0.2) is 99.6 Å². The number of amides is 2. The van der Waals surface area contributed by atoms with E-state index in [4.69, 9.17) is 19.4 Å². The predicted molar refractivity (Wildman–Crippen MR) is 188 cm³/mol. The van der Waals surface area contributed by atoms with E-state index in [2.05, 4.69) is 44.3 Å². The van der Waals surface area contributed by atoms with Crippen molar-refractivity contribution in [2.75, 3.05) is 37.7 Å². The molecule has 10 nitrogen and oxygen atoms in total. The van der Waals surface area contributed by atoms with Gasteiger partial charge in [0.05, 0.1) is 41.4 Å². The zero-order valence-corrected chi connectivity index (χ0v) is 27.9. The molecule has 7 heterocycles. The molecule has 1 aromatic heterocycles. The van der Waals surface area contributed by atoms with Gasteiger partial charge in [-0.25, -0.2) is 4.79 Å². The molecule has 6 fully saturated rings. The van der Waals surface area contributed by atoms with Gasteiger partial charge in [-0.05, 0) is 117 Å². The Hall–Kier alpha value is -4.15. The number of carbonyl (C=O) groups is 1. The molecular weight excluding hydrogens is 616 g/mol. The van der Waals surface area contributed by atoms with E-state index >= 15 is 0 Å². The first-order valence-corrected chi connectivity index (χ1v) is 18.4. The van der Waals surface area contributed by atoms with Crippen LogP contribution in [0.1, 0.15) is 57.8 Å². The molecule has 10 rings (SSSR count). The molecule has 2 amide bonds. The summed E-state index contributed by atoms with van der Waals surface area (Å²) in [6, 6.07) is 19.0. The summed E-state index contributed by atoms with van der Waals surface area (Å²) in [7, 11) is 0. The number of hydrogen-bond donors (Lipinski definition) is 2. The monoisotopic (exact) mass is 660 g/mol. The molecule has 0 saturated carbocycles. The largest absolute Gasteiger partial charge is 0.508 e. The Morgan fingerprint density at radius 2 is 1.78 bits per heavy atom. The normalized spacial score (nSPS) is 28.5. The number of piperazine rings is 1. The summed E-state index contributed by atoms with van der Waals surface area (Å²) in [6.45, 7) is 4.33. The van der Waals surface area contributed by atoms with Crippen LogP contribution in [-0.2, 0) is 4.74 Å². The van der Waals surface area contributed by atoms with Crippen molar-refractivity contribution in [1.82, 2.24) is 25.1 Å². The third-order valence-electron chi connectivity index (χ3n) is 12.5. The van der Waals surface area contributed by atoms with Crippen molar-refractivity contribution in [1.29, 1.82) is 0 Å². The van der Waals surface area contributed by atoms with Crippen molar-refractivity contribution < 1.29 is 19.4 Å². The first kappa shape index (κ1) is 29.7. The number of nitrogens with one attached hydrogen (secondary N) is 1. The Morgan fingerprint density at radius 3 is 2.55 bits per heavy atom. The average molecular weight is 661 g/mol. The minimum Gasteiger partial charge on any atom is -0.508 e. The Kier molecular flexibility index (Phi) is 6.95. The molecule has 6 saturated heterocycles. The average Bonchev–Trinajstić information content (AvgIpc) is 3.94. The van der Waals surface area contributed by atoms with Gasteiger partial charge in [0, 0.05) is 18.5 Å². The lowest BCUT2D eigenvalue weighted by atomic mass is 9.95. The van der Waals surface area contributed by atoms with Crippen molar-refractivity contribution in [3.05, 3.63) is 54.6 Å². The topological polar surface area (TPSA) is 103 Å². The lowest BCUT2D eigenvalue weighted by Gasteiger charge is -2.42. The SMILES string of the molecule is O=C(NC1CC2CCC1O2)N1C2CCC1CN(c1nc(OCC34CCCN3CCC4)nc3cc(-c4cc(O)cc5ccccc45)ccc13)C2. The number of rotatable bonds is 6. The van der Waals surface area contributed by atoms with Crippen LogP contribution in [0.15, 0.2) is 54.6 Å². The van der Waals surface area contributed by atoms with Gasteiger partial charge >= 0.3 is 12.0 Å². The van der Waals surface area contributed by atoms with E-state index in [-0.39, 0.29) is 41.5 Å². The van der Waals surface area contributed by atoms with Crippen LogP contribution in [0.2, 0.25) is 0 Å². The number of benzene rings is 3. The third kappa shape index (κ3) is 5.01. The molecule has 6 aliphatic heterocycles. The van der Waals surface area contributed by atoms with Gasteiger partial charge < -0.3 is 29.7 Å². The molecule has 3 aromatic carbocycles. The number of ether oxygens (including phenoxy) is 2. The highest BCUT2D eigenvalue weighted by atomic mass is 16.5. The number of fused-ring (bicyclic) bond motifs is 7. The maximum absolute atomic E-state index is 13.7. The highest BCUT2D eigenvalue weighted by Gasteiger charge is 2.47. The molecular formula is C39H44N6O4. The van der Waals surface area contributed by atoms with Gasteiger partial charge in [0.1, 0.15) is 18.2 Å². The number of hydrogen-bond acceptors (Lipinski definition) is 8. The summed E-state index contributed by atoms with van der Waals surface area (Å²) in [5.74, 6) is 1.11. The molecule has 254 valence electrons. The first-order valence-electron chi connectivity index (χ1n) is 18.4. The van der Waals surface area contributed by atoms with Gasteiger partial charge in [-0.2, -0.15) is 9.97 Å². The highest BCUT2D eigenvalue weighted by Crippen LogP contribution is 2.41. The van der Waals surface area contributed by atoms with Crippen LogP contribution in [0.3, 0.4) is 0 Å². The number of nitrogens with zero attached hydrogens (tertiary/aromatic N) is 5. The number of phenolic OH excluding ortho intramolecular Hbond substituents is 1. The second kappa shape index (κ2) is 11.5. The molecule has 0 aliphatic carbocycles. The molecule has 4 aromatic rings. The molecule has 4 bridgehead atoms. The van der Waals surface area contributed by atoms with Gasteiger partial charge in [-0.3, -0.25) is 4.90 Å². The molecule has 2 N–H and O–H groups in total. The Labute approximate surface area is 286 Å². The van der Waals surface area contributed by atoms with E-state index in [1.807, 2.05) is 24.3 Å². The predicted octanol–water partition coefficient (Wildman–Crippen LogP) is 5.85. The second-order valence-electron chi connectivity index (χ2n) is 15.3. The summed E-state index contributed by atoms with van der Waals surface area (Å²) < 4.78 is 12.6. The summed E-state index contributed by atoms with van der Waals surface area (Å²) >= 11 is 0. The Bertz CT molecular complexity index is 1930. The maximum Gasteiger partial charge on any atom is 0.319 e. The van der Waals surface area contributed by atoms with Crippen LogP contribution in [0.25, 0.3) is 32.8 Å². The Morgan fingerprint density at radius 1 is 0.959 bits per heavy atom. The minimum absolute atomic E-state index is 0.0600. The van der Waals surface area contributed by atoms with Crippen LogP contribution in [0, 0.1) is 0 Å². The van der Waals surface area contributed by atoms with Gasteiger partial charge in [-0.1, -0.05) is 30.3 Å². The molecule has 0 spiro atoms. The van der Waals surface area contributed by atoms with Crippen molar-refractivity contribution in [2.24, 2.45) is 0 Å². The fraction of sp³-hybridized carbons (Fsp3) is 0.513. The molecule has 6 aliphatic rings. The van der Waals surface area contributed by atoms with Gasteiger partial charge in [0.2, 0.25) is 0 Å². The van der Waals surface area contributed by atoms with Crippen LogP contribution < -0.4 is 15.0 Å². The summed E-state index contributed by atoms with van der Waals surface area (Å²) in [6.07, 6.45) is 10.3. The van der Waals surface area contributed by atoms with Crippen molar-refractivity contribution >= 4 is 33.5 Å². The highest BCUT2D eigenvalue weighted by molar-refractivity contribution is 6.01. The lowest BCUT2D eigenvalue weighted by Crippen LogP contribution is -2.60. The number of anilines is 1. The van der Waals surface area contributed by atoms with E-state index < -0.39 is 0 Å². The van der Waals surface area contributed by atoms with E-state index in [0.29, 0.717) is 18.7 Å². The van der Waals surface area contributed by atoms with Gasteiger partial charge in [-0.15, -0.1) is 0 Å². The first-order chi connectivity index (χ1) is 24.0. The van der Waals surface area contributed by atoms with Crippen molar-refractivity contribution in [3.63, 3.8) is 0 Å². The lowest BCUT2D eigenvalue weighted by molar-refractivity contribution is 0.0956. The maximum atomic E-state index is 13.7. The molecule has 5 atom stereocenters. The Balaban J connectivity index is 0.985. The molecule has 10 heteroatoms. The second-order valence-corrected chi connectivity index (χ2v) is 15.3. The van der Waals surface area contributed by atoms with Crippen molar-refractivity contribution in [3.8, 4) is 22.9 Å². The van der Waals surface area contributed by atoms with Gasteiger partial charge in [0.25, 0.3) is 0 Å². The summed E-state index contributed by atoms with van der Waals surface area (Å²) in [4.78, 5) is 30.9. The summed E-state index contributed by atoms with van der Waals surface area (Å²) in [5.41, 5.74) is 2.85. The number of phenols is 1. The van der Waals surface area contributed by atoms with Crippen LogP contribution in [0.4, 0.5) is 10.6 Å². The summed E-state index contributed by atoms with van der Waals surface area (Å²) in [5, 5.41) is 17.0. The molecule has 49 heavy (non-hydrogen) atoms. The van der Waals surface area contributed by atoms with E-state index in [0.717, 1.165) is 110 Å². The van der Waals surface area contributed by atoms with Crippen LogP contribution in [0.5, 0.6) is 11.8 Å². The number of aromatic nitrogens is 2. The smallest absolute Gasteiger partial charge is 0.319 e. The zero-order chi connectivity index (χ0) is 32.7. The number of urea groups is 1. The fourth-order valence-electron chi connectivity index (χ4n) is 10.2. The van der Waals surface area contributed by atoms with E-state index in [1.54, 1.807) is 6.07 Å². The number of carbonyl (C=O) groups excluding carboxylic acids is 1. The standard InChI is InChI=1S/C39H44N6O4/c46-28-17-24-5-1-2-6-30(24)32(19-28)25-7-11-31-33(18-25)40-37(48-23-39-13-3-15-44(39)16-4-14-39)42-36(31)43-21-26-8-9-27(22-43)45(26)38(47)41-34-20-29-10-12-35(34)49-29/h1-2,5-7,11,17-19,26-27,29,34-35,46H,3-4,8-10,12-16,20-23H2,(H,41,47). The zero-order valence-electron chi connectivity index (χ0n) is 27.9. The quantitative estimate of drug-likeness (QED) is 0.266. The fourth-order valence-corrected chi connectivity index (χ4v) is 10.2. The minimum atomic E-state index is 0.0600.